The Hall–Kier alpha value is -1.54. The molecule has 0 aromatic carbocycles. The third-order valence-electron chi connectivity index (χ3n) is 0.804. The summed E-state index contributed by atoms with van der Waals surface area (Å²) in [6, 6.07) is 1.78. The molecule has 1 aromatic heterocycles. The van der Waals surface area contributed by atoms with E-state index in [4.69, 9.17) is 11.1 Å². The van der Waals surface area contributed by atoms with E-state index >= 15 is 0 Å². The molecule has 1 aromatic rings. The van der Waals surface area contributed by atoms with Crippen molar-refractivity contribution >= 4 is 5.88 Å². The zero-order chi connectivity index (χ0) is 6.69. The maximum atomic E-state index is 8.27. The van der Waals surface area contributed by atoms with Crippen molar-refractivity contribution in [2.24, 2.45) is 5.84 Å². The Morgan fingerprint density at radius 2 is 2.67 bits per heavy atom. The highest BCUT2D eigenvalue weighted by atomic mass is 16.4. The summed E-state index contributed by atoms with van der Waals surface area (Å²) in [4.78, 5) is 3.54. The van der Waals surface area contributed by atoms with E-state index in [1.165, 1.54) is 0 Å². The van der Waals surface area contributed by atoms with Crippen molar-refractivity contribution in [1.29, 1.82) is 5.26 Å². The van der Waals surface area contributed by atoms with Crippen molar-refractivity contribution in [1.82, 2.24) is 4.98 Å². The van der Waals surface area contributed by atoms with Crippen LogP contribution in [0.5, 0.6) is 0 Å². The second-order valence-corrected chi connectivity index (χ2v) is 1.29. The van der Waals surface area contributed by atoms with E-state index in [0.29, 0.717) is 0 Å². The summed E-state index contributed by atoms with van der Waals surface area (Å²) in [5.41, 5.74) is 2.34. The monoisotopic (exact) mass is 124 g/mol. The minimum absolute atomic E-state index is 0.164. The van der Waals surface area contributed by atoms with Gasteiger partial charge in [-0.05, 0) is 0 Å². The molecule has 5 heteroatoms. The minimum Gasteiger partial charge on any atom is -0.425 e. The first kappa shape index (κ1) is 5.59. The van der Waals surface area contributed by atoms with Crippen LogP contribution in [-0.2, 0) is 0 Å². The van der Waals surface area contributed by atoms with Gasteiger partial charge in [-0.2, -0.15) is 5.26 Å². The van der Waals surface area contributed by atoms with Crippen LogP contribution in [0.1, 0.15) is 5.69 Å². The first-order valence-electron chi connectivity index (χ1n) is 2.18. The summed E-state index contributed by atoms with van der Waals surface area (Å²) in [5.74, 6) is 5.13. The molecule has 0 aliphatic carbocycles. The molecule has 0 radical (unpaired) electrons. The lowest BCUT2D eigenvalue weighted by molar-refractivity contribution is 0.570. The van der Waals surface area contributed by atoms with Crippen LogP contribution in [0, 0.1) is 11.3 Å². The molecule has 1 heterocycles. The first-order valence-corrected chi connectivity index (χ1v) is 2.18. The van der Waals surface area contributed by atoms with E-state index in [1.807, 2.05) is 0 Å². The maximum Gasteiger partial charge on any atom is 0.245 e. The third kappa shape index (κ3) is 0.828. The molecule has 0 saturated heterocycles. The quantitative estimate of drug-likeness (QED) is 0.401. The number of hydrogen-bond acceptors (Lipinski definition) is 5. The summed E-state index contributed by atoms with van der Waals surface area (Å²) in [6.07, 6.45) is 1.15. The second-order valence-electron chi connectivity index (χ2n) is 1.29. The summed E-state index contributed by atoms with van der Waals surface area (Å²) in [6.45, 7) is 0. The summed E-state index contributed by atoms with van der Waals surface area (Å²) < 4.78 is 4.63. The van der Waals surface area contributed by atoms with Gasteiger partial charge in [0.15, 0.2) is 6.39 Å². The highest BCUT2D eigenvalue weighted by Gasteiger charge is 2.02. The zero-order valence-corrected chi connectivity index (χ0v) is 4.46. The van der Waals surface area contributed by atoms with Gasteiger partial charge in [0, 0.05) is 0 Å². The average Bonchev–Trinajstić information content (AvgIpc) is 2.33. The standard InChI is InChI=1S/C4H4N4O/c5-1-3-4(8-6)9-2-7-3/h2,8H,6H2. The van der Waals surface area contributed by atoms with Crippen molar-refractivity contribution in [2.75, 3.05) is 5.43 Å². The number of nitrogens with one attached hydrogen (secondary N) is 1. The third-order valence-corrected chi connectivity index (χ3v) is 0.804. The Bertz CT molecular complexity index is 235. The number of nitrogens with two attached hydrogens (primary N) is 1. The lowest BCUT2D eigenvalue weighted by Crippen LogP contribution is -2.06. The Morgan fingerprint density at radius 1 is 1.89 bits per heavy atom. The van der Waals surface area contributed by atoms with Crippen molar-refractivity contribution < 1.29 is 4.42 Å². The number of aromatic nitrogens is 1. The van der Waals surface area contributed by atoms with Crippen LogP contribution in [-0.4, -0.2) is 4.98 Å². The SMILES string of the molecule is N#Cc1ncoc1NN. The summed E-state index contributed by atoms with van der Waals surface area (Å²) in [5, 5.41) is 8.27. The van der Waals surface area contributed by atoms with Crippen LogP contribution in [0.4, 0.5) is 5.88 Å². The van der Waals surface area contributed by atoms with E-state index in [2.05, 4.69) is 14.8 Å². The predicted molar refractivity (Wildman–Crippen MR) is 29.0 cm³/mol. The molecular formula is C4H4N4O. The van der Waals surface area contributed by atoms with Gasteiger partial charge in [-0.3, -0.25) is 5.43 Å². The van der Waals surface area contributed by atoms with Gasteiger partial charge in [0.05, 0.1) is 0 Å². The zero-order valence-electron chi connectivity index (χ0n) is 4.46. The number of nitrogens with zero attached hydrogens (tertiary/aromatic N) is 2. The molecular weight excluding hydrogens is 120 g/mol. The molecule has 0 unspecified atom stereocenters. The van der Waals surface area contributed by atoms with Crippen molar-refractivity contribution in [3.63, 3.8) is 0 Å². The predicted octanol–water partition coefficient (Wildman–Crippen LogP) is -0.168. The summed E-state index contributed by atoms with van der Waals surface area (Å²) >= 11 is 0. The van der Waals surface area contributed by atoms with Gasteiger partial charge >= 0.3 is 0 Å². The molecule has 0 aliphatic heterocycles. The largest absolute Gasteiger partial charge is 0.425 e. The highest BCUT2D eigenvalue weighted by molar-refractivity contribution is 5.42. The lowest BCUT2D eigenvalue weighted by Gasteiger charge is -1.87. The van der Waals surface area contributed by atoms with E-state index in [1.54, 1.807) is 6.07 Å². The molecule has 9 heavy (non-hydrogen) atoms. The number of rotatable bonds is 1. The van der Waals surface area contributed by atoms with E-state index < -0.39 is 0 Å². The van der Waals surface area contributed by atoms with Gasteiger partial charge in [0.1, 0.15) is 6.07 Å². The number of hydrogen-bond donors (Lipinski definition) is 2. The van der Waals surface area contributed by atoms with Gasteiger partial charge in [-0.15, -0.1) is 0 Å². The highest BCUT2D eigenvalue weighted by Crippen LogP contribution is 2.08. The number of hydrazine groups is 1. The van der Waals surface area contributed by atoms with E-state index in [0.717, 1.165) is 6.39 Å². The van der Waals surface area contributed by atoms with Crippen LogP contribution in [0.25, 0.3) is 0 Å². The maximum absolute atomic E-state index is 8.27. The molecule has 0 atom stereocenters. The van der Waals surface area contributed by atoms with Gasteiger partial charge < -0.3 is 4.42 Å². The van der Waals surface area contributed by atoms with Crippen molar-refractivity contribution in [3.05, 3.63) is 12.1 Å². The number of oxazole rings is 1. The summed E-state index contributed by atoms with van der Waals surface area (Å²) in [7, 11) is 0. The number of anilines is 1. The van der Waals surface area contributed by atoms with Gasteiger partial charge in [0.25, 0.3) is 0 Å². The van der Waals surface area contributed by atoms with Gasteiger partial charge in [0.2, 0.25) is 11.6 Å². The second kappa shape index (κ2) is 2.15. The molecule has 0 fully saturated rings. The Kier molecular flexibility index (Phi) is 1.34. The lowest BCUT2D eigenvalue weighted by atomic mass is 10.5. The normalized spacial score (nSPS) is 8.44. The van der Waals surface area contributed by atoms with Crippen LogP contribution < -0.4 is 11.3 Å². The van der Waals surface area contributed by atoms with E-state index in [-0.39, 0.29) is 11.6 Å². The number of nitriles is 1. The number of nitrogen functional groups attached to an aromatic ring is 1. The molecule has 1 rings (SSSR count). The average molecular weight is 124 g/mol. The molecule has 0 aliphatic rings. The topological polar surface area (TPSA) is 87.9 Å². The fourth-order valence-corrected chi connectivity index (χ4v) is 0.428. The molecule has 0 bridgehead atoms. The van der Waals surface area contributed by atoms with E-state index in [9.17, 15) is 0 Å². The smallest absolute Gasteiger partial charge is 0.245 e. The van der Waals surface area contributed by atoms with Crippen LogP contribution >= 0.6 is 0 Å². The molecule has 0 saturated carbocycles. The fraction of sp³-hybridized carbons (Fsp3) is 0. The van der Waals surface area contributed by atoms with Crippen LogP contribution in [0.3, 0.4) is 0 Å². The van der Waals surface area contributed by atoms with Gasteiger partial charge in [-0.25, -0.2) is 10.8 Å². The van der Waals surface area contributed by atoms with Gasteiger partial charge in [-0.1, -0.05) is 0 Å². The molecule has 46 valence electrons. The Morgan fingerprint density at radius 3 is 3.11 bits per heavy atom. The molecule has 3 N–H and O–H groups in total. The Balaban J connectivity index is 3.02. The van der Waals surface area contributed by atoms with Crippen molar-refractivity contribution in [2.45, 2.75) is 0 Å². The molecule has 0 amide bonds. The van der Waals surface area contributed by atoms with Crippen molar-refractivity contribution in [3.8, 4) is 6.07 Å². The Labute approximate surface area is 51.1 Å². The fourth-order valence-electron chi connectivity index (χ4n) is 0.428. The minimum atomic E-state index is 0.164. The molecule has 5 nitrogen and oxygen atoms in total. The molecule has 0 spiro atoms. The first-order chi connectivity index (χ1) is 4.38. The van der Waals surface area contributed by atoms with Crippen LogP contribution in [0.2, 0.25) is 0 Å². The van der Waals surface area contributed by atoms with Crippen LogP contribution in [0.15, 0.2) is 10.8 Å².